The van der Waals surface area contributed by atoms with Crippen molar-refractivity contribution in [1.29, 1.82) is 0 Å². The zero-order chi connectivity index (χ0) is 19.7. The van der Waals surface area contributed by atoms with Crippen LogP contribution in [0.25, 0.3) is 21.9 Å². The van der Waals surface area contributed by atoms with Crippen LogP contribution in [0.4, 0.5) is 11.4 Å². The maximum atomic E-state index is 12.3. The Hall–Kier alpha value is -3.80. The summed E-state index contributed by atoms with van der Waals surface area (Å²) in [6.07, 6.45) is 0. The van der Waals surface area contributed by atoms with Gasteiger partial charge in [0.15, 0.2) is 5.58 Å². The number of ether oxygens (including phenoxy) is 2. The van der Waals surface area contributed by atoms with Crippen molar-refractivity contribution in [3.05, 3.63) is 71.8 Å². The summed E-state index contributed by atoms with van der Waals surface area (Å²) in [6.45, 7) is 0. The van der Waals surface area contributed by atoms with Crippen LogP contribution in [0, 0.1) is 0 Å². The molecule has 4 aromatic rings. The molecule has 3 aromatic carbocycles. The normalized spacial score (nSPS) is 10.8. The van der Waals surface area contributed by atoms with E-state index in [1.54, 1.807) is 24.3 Å². The lowest BCUT2D eigenvalue weighted by Crippen LogP contribution is -2.02. The van der Waals surface area contributed by atoms with Crippen LogP contribution in [0.1, 0.15) is 20.7 Å². The highest BCUT2D eigenvalue weighted by molar-refractivity contribution is 6.20. The number of carbonyl (C=O) groups excluding carboxylic acids is 2. The molecule has 6 heteroatoms. The highest BCUT2D eigenvalue weighted by atomic mass is 16.5. The van der Waals surface area contributed by atoms with E-state index in [2.05, 4.69) is 5.32 Å². The fourth-order valence-electron chi connectivity index (χ4n) is 3.22. The van der Waals surface area contributed by atoms with Crippen LogP contribution >= 0.6 is 0 Å². The molecular weight excluding hydrogens is 358 g/mol. The number of fused-ring (bicyclic) bond motifs is 3. The van der Waals surface area contributed by atoms with Crippen molar-refractivity contribution in [1.82, 2.24) is 0 Å². The molecule has 0 bridgehead atoms. The van der Waals surface area contributed by atoms with E-state index >= 15 is 0 Å². The fraction of sp³-hybridized carbons (Fsp3) is 0.0909. The van der Waals surface area contributed by atoms with Crippen molar-refractivity contribution < 1.29 is 23.5 Å². The summed E-state index contributed by atoms with van der Waals surface area (Å²) in [5.41, 5.74) is 2.90. The predicted molar refractivity (Wildman–Crippen MR) is 106 cm³/mol. The smallest absolute Gasteiger partial charge is 0.341 e. The number of para-hydroxylation sites is 2. The maximum Gasteiger partial charge on any atom is 0.341 e. The van der Waals surface area contributed by atoms with Crippen LogP contribution in [-0.2, 0) is 9.47 Å². The molecule has 0 radical (unpaired) electrons. The third kappa shape index (κ3) is 2.85. The van der Waals surface area contributed by atoms with Crippen LogP contribution in [0.5, 0.6) is 0 Å². The largest absolute Gasteiger partial charge is 0.465 e. The van der Waals surface area contributed by atoms with Gasteiger partial charge in [-0.1, -0.05) is 30.3 Å². The molecule has 1 aromatic heterocycles. The molecule has 1 heterocycles. The molecule has 0 fully saturated rings. The Balaban J connectivity index is 2.03. The minimum Gasteiger partial charge on any atom is -0.465 e. The van der Waals surface area contributed by atoms with Gasteiger partial charge in [0, 0.05) is 11.1 Å². The van der Waals surface area contributed by atoms with Gasteiger partial charge < -0.3 is 19.2 Å². The minimum atomic E-state index is -0.519. The molecular formula is C22H17NO5. The second-order valence-electron chi connectivity index (χ2n) is 6.12. The van der Waals surface area contributed by atoms with E-state index in [9.17, 15) is 9.59 Å². The monoisotopic (exact) mass is 375 g/mol. The lowest BCUT2D eigenvalue weighted by molar-refractivity contribution is 0.0594. The van der Waals surface area contributed by atoms with Gasteiger partial charge in [0.1, 0.15) is 16.7 Å². The molecule has 0 aliphatic rings. The molecule has 6 nitrogen and oxygen atoms in total. The average Bonchev–Trinajstić information content (AvgIpc) is 3.13. The van der Waals surface area contributed by atoms with Crippen LogP contribution in [0.15, 0.2) is 65.1 Å². The van der Waals surface area contributed by atoms with Gasteiger partial charge in [-0.15, -0.1) is 0 Å². The Bertz CT molecular complexity index is 1190. The number of rotatable bonds is 4. The Kier molecular flexibility index (Phi) is 4.45. The van der Waals surface area contributed by atoms with Gasteiger partial charge in [0.25, 0.3) is 0 Å². The third-order valence-corrected chi connectivity index (χ3v) is 4.51. The van der Waals surface area contributed by atoms with Crippen LogP contribution < -0.4 is 5.32 Å². The van der Waals surface area contributed by atoms with Crippen molar-refractivity contribution in [2.24, 2.45) is 0 Å². The molecule has 0 saturated carbocycles. The topological polar surface area (TPSA) is 77.8 Å². The number of benzene rings is 3. The summed E-state index contributed by atoms with van der Waals surface area (Å²) in [5.74, 6) is -1.03. The molecule has 0 amide bonds. The van der Waals surface area contributed by atoms with Crippen molar-refractivity contribution in [3.63, 3.8) is 0 Å². The van der Waals surface area contributed by atoms with Gasteiger partial charge in [-0.25, -0.2) is 9.59 Å². The number of hydrogen-bond acceptors (Lipinski definition) is 6. The Morgan fingerprint density at radius 1 is 0.786 bits per heavy atom. The zero-order valence-corrected chi connectivity index (χ0v) is 15.3. The molecule has 0 spiro atoms. The summed E-state index contributed by atoms with van der Waals surface area (Å²) in [5, 5.41) is 4.73. The first-order valence-electron chi connectivity index (χ1n) is 8.61. The first kappa shape index (κ1) is 17.6. The van der Waals surface area contributed by atoms with Crippen LogP contribution in [-0.4, -0.2) is 26.2 Å². The average molecular weight is 375 g/mol. The summed E-state index contributed by atoms with van der Waals surface area (Å²) < 4.78 is 15.7. The lowest BCUT2D eigenvalue weighted by Gasteiger charge is -2.09. The first-order chi connectivity index (χ1) is 13.6. The van der Waals surface area contributed by atoms with Gasteiger partial charge in [0.05, 0.1) is 25.3 Å². The highest BCUT2D eigenvalue weighted by Gasteiger charge is 2.23. The number of nitrogens with one attached hydrogen (secondary N) is 1. The molecule has 0 aliphatic carbocycles. The second kappa shape index (κ2) is 7.08. The second-order valence-corrected chi connectivity index (χ2v) is 6.12. The fourth-order valence-corrected chi connectivity index (χ4v) is 3.22. The molecule has 0 saturated heterocycles. The van der Waals surface area contributed by atoms with E-state index in [4.69, 9.17) is 13.9 Å². The molecule has 0 unspecified atom stereocenters. The maximum absolute atomic E-state index is 12.3. The Morgan fingerprint density at radius 2 is 1.46 bits per heavy atom. The van der Waals surface area contributed by atoms with E-state index in [1.165, 1.54) is 14.2 Å². The van der Waals surface area contributed by atoms with Crippen molar-refractivity contribution in [3.8, 4) is 0 Å². The molecule has 140 valence electrons. The first-order valence-corrected chi connectivity index (χ1v) is 8.61. The minimum absolute atomic E-state index is 0.281. The zero-order valence-electron chi connectivity index (χ0n) is 15.3. The number of methoxy groups -OCH3 is 2. The van der Waals surface area contributed by atoms with Crippen molar-refractivity contribution in [2.75, 3.05) is 19.5 Å². The number of hydrogen-bond donors (Lipinski definition) is 1. The van der Waals surface area contributed by atoms with Crippen molar-refractivity contribution >= 4 is 45.3 Å². The number of carbonyl (C=O) groups is 2. The quantitative estimate of drug-likeness (QED) is 0.511. The van der Waals surface area contributed by atoms with Gasteiger partial charge >= 0.3 is 11.9 Å². The van der Waals surface area contributed by atoms with Gasteiger partial charge in [-0.3, -0.25) is 0 Å². The number of anilines is 2. The summed E-state index contributed by atoms with van der Waals surface area (Å²) in [6, 6.07) is 18.3. The summed E-state index contributed by atoms with van der Waals surface area (Å²) in [7, 11) is 2.62. The molecule has 0 atom stereocenters. The lowest BCUT2D eigenvalue weighted by atomic mass is 10.0. The molecule has 1 N–H and O–H groups in total. The predicted octanol–water partition coefficient (Wildman–Crippen LogP) is 4.90. The highest BCUT2D eigenvalue weighted by Crippen LogP contribution is 2.39. The standard InChI is InChI=1S/C22H17NO5/c1-26-21(24)15-10-6-9-14-18-17(23-13-7-4-3-5-8-13)12-11-16(22(25)27-2)20(18)28-19(14)15/h3-12,23H,1-2H3. The van der Waals surface area contributed by atoms with Crippen LogP contribution in [0.2, 0.25) is 0 Å². The molecule has 28 heavy (non-hydrogen) atoms. The van der Waals surface area contributed by atoms with Gasteiger partial charge in [0.2, 0.25) is 0 Å². The summed E-state index contributed by atoms with van der Waals surface area (Å²) in [4.78, 5) is 24.4. The SMILES string of the molecule is COC(=O)c1cccc2c1oc1c(C(=O)OC)ccc(Nc3ccccc3)c12. The molecule has 0 aliphatic heterocycles. The summed E-state index contributed by atoms with van der Waals surface area (Å²) >= 11 is 0. The van der Waals surface area contributed by atoms with E-state index in [-0.39, 0.29) is 11.1 Å². The number of esters is 2. The van der Waals surface area contributed by atoms with Gasteiger partial charge in [-0.05, 0) is 30.3 Å². The van der Waals surface area contributed by atoms with Crippen LogP contribution in [0.3, 0.4) is 0 Å². The van der Waals surface area contributed by atoms with Crippen molar-refractivity contribution in [2.45, 2.75) is 0 Å². The van der Waals surface area contributed by atoms with E-state index in [0.29, 0.717) is 21.9 Å². The third-order valence-electron chi connectivity index (χ3n) is 4.51. The molecule has 4 rings (SSSR count). The number of furan rings is 1. The van der Waals surface area contributed by atoms with Gasteiger partial charge in [-0.2, -0.15) is 0 Å². The Labute approximate surface area is 160 Å². The Morgan fingerprint density at radius 3 is 2.14 bits per heavy atom. The van der Waals surface area contributed by atoms with E-state index in [0.717, 1.165) is 11.4 Å². The van der Waals surface area contributed by atoms with E-state index in [1.807, 2.05) is 36.4 Å². The van der Waals surface area contributed by atoms with E-state index < -0.39 is 11.9 Å².